The number of rotatable bonds is 2. The predicted octanol–water partition coefficient (Wildman–Crippen LogP) is 0.322. The highest BCUT2D eigenvalue weighted by molar-refractivity contribution is 5.87. The van der Waals surface area contributed by atoms with E-state index in [1.54, 1.807) is 10.9 Å². The topological polar surface area (TPSA) is 80.0 Å². The lowest BCUT2D eigenvalue weighted by atomic mass is 10.2. The summed E-state index contributed by atoms with van der Waals surface area (Å²) in [5.74, 6) is 0.260. The highest BCUT2D eigenvalue weighted by atomic mass is 16.3. The van der Waals surface area contributed by atoms with Crippen molar-refractivity contribution in [3.8, 4) is 0 Å². The number of hydrogen-bond donors (Lipinski definition) is 2. The first-order valence-electron chi connectivity index (χ1n) is 5.04. The summed E-state index contributed by atoms with van der Waals surface area (Å²) in [6.07, 6.45) is 4.02. The van der Waals surface area contributed by atoms with Crippen LogP contribution in [0.15, 0.2) is 6.20 Å². The monoisotopic (exact) mass is 210 g/mol. The molecule has 0 radical (unpaired) electrons. The summed E-state index contributed by atoms with van der Waals surface area (Å²) in [5, 5.41) is 19.9. The Morgan fingerprint density at radius 2 is 2.47 bits per heavy atom. The minimum Gasteiger partial charge on any atom is -0.391 e. The van der Waals surface area contributed by atoms with Crippen LogP contribution < -0.4 is 5.32 Å². The summed E-state index contributed by atoms with van der Waals surface area (Å²) in [4.78, 5) is 10.8. The summed E-state index contributed by atoms with van der Waals surface area (Å²) < 4.78 is 1.63. The Balaban J connectivity index is 2.09. The first-order valence-corrected chi connectivity index (χ1v) is 5.04. The number of aromatic nitrogens is 3. The molecule has 1 amide bonds. The SMILES string of the molecule is CC(=O)Nc1cn(C2CCCC2O)nn1. The first kappa shape index (κ1) is 10.1. The van der Waals surface area contributed by atoms with E-state index in [1.165, 1.54) is 6.92 Å². The van der Waals surface area contributed by atoms with Crippen molar-refractivity contribution >= 4 is 11.7 Å². The largest absolute Gasteiger partial charge is 0.391 e. The first-order chi connectivity index (χ1) is 7.16. The molecule has 2 atom stereocenters. The van der Waals surface area contributed by atoms with Crippen molar-refractivity contribution in [2.24, 2.45) is 0 Å². The molecule has 1 fully saturated rings. The molecule has 0 aliphatic heterocycles. The predicted molar refractivity (Wildman–Crippen MR) is 53.2 cm³/mol. The van der Waals surface area contributed by atoms with Crippen LogP contribution in [-0.2, 0) is 4.79 Å². The van der Waals surface area contributed by atoms with E-state index in [1.807, 2.05) is 0 Å². The van der Waals surface area contributed by atoms with Gasteiger partial charge >= 0.3 is 0 Å². The number of hydrogen-bond acceptors (Lipinski definition) is 4. The van der Waals surface area contributed by atoms with Gasteiger partial charge < -0.3 is 10.4 Å². The summed E-state index contributed by atoms with van der Waals surface area (Å²) in [6, 6.07) is 0.00000756. The van der Waals surface area contributed by atoms with Gasteiger partial charge in [0.2, 0.25) is 5.91 Å². The van der Waals surface area contributed by atoms with E-state index < -0.39 is 0 Å². The van der Waals surface area contributed by atoms with Gasteiger partial charge in [-0.05, 0) is 19.3 Å². The molecule has 6 heteroatoms. The number of nitrogens with one attached hydrogen (secondary N) is 1. The van der Waals surface area contributed by atoms with Gasteiger partial charge in [0.1, 0.15) is 0 Å². The maximum absolute atomic E-state index is 10.8. The van der Waals surface area contributed by atoms with Crippen LogP contribution in [0.1, 0.15) is 32.2 Å². The molecule has 6 nitrogen and oxygen atoms in total. The van der Waals surface area contributed by atoms with Crippen LogP contribution in [0.25, 0.3) is 0 Å². The number of aliphatic hydroxyl groups is 1. The van der Waals surface area contributed by atoms with Gasteiger partial charge in [-0.2, -0.15) is 0 Å². The van der Waals surface area contributed by atoms with Crippen molar-refractivity contribution in [3.63, 3.8) is 0 Å². The van der Waals surface area contributed by atoms with Gasteiger partial charge in [0.15, 0.2) is 5.82 Å². The van der Waals surface area contributed by atoms with Crippen LogP contribution in [0.3, 0.4) is 0 Å². The third kappa shape index (κ3) is 2.15. The molecule has 1 saturated carbocycles. The smallest absolute Gasteiger partial charge is 0.222 e. The van der Waals surface area contributed by atoms with E-state index >= 15 is 0 Å². The number of carbonyl (C=O) groups excluding carboxylic acids is 1. The number of amides is 1. The third-order valence-electron chi connectivity index (χ3n) is 2.60. The van der Waals surface area contributed by atoms with Gasteiger partial charge in [0, 0.05) is 6.92 Å². The molecule has 0 aromatic carbocycles. The Kier molecular flexibility index (Phi) is 2.68. The average molecular weight is 210 g/mol. The van der Waals surface area contributed by atoms with Crippen molar-refractivity contribution in [3.05, 3.63) is 6.20 Å². The maximum Gasteiger partial charge on any atom is 0.222 e. The molecule has 2 N–H and O–H groups in total. The number of carbonyl (C=O) groups is 1. The Hall–Kier alpha value is -1.43. The van der Waals surface area contributed by atoms with Crippen LogP contribution in [0.2, 0.25) is 0 Å². The second-order valence-electron chi connectivity index (χ2n) is 3.83. The van der Waals surface area contributed by atoms with Crippen molar-refractivity contribution in [1.82, 2.24) is 15.0 Å². The third-order valence-corrected chi connectivity index (χ3v) is 2.60. The summed E-state index contributed by atoms with van der Waals surface area (Å²) in [6.45, 7) is 1.42. The molecule has 82 valence electrons. The van der Waals surface area contributed by atoms with Gasteiger partial charge in [-0.1, -0.05) is 5.21 Å². The minimum absolute atomic E-state index is 0.00000756. The molecule has 2 unspecified atom stereocenters. The average Bonchev–Trinajstić information content (AvgIpc) is 2.72. The van der Waals surface area contributed by atoms with E-state index in [4.69, 9.17) is 0 Å². The summed E-state index contributed by atoms with van der Waals surface area (Å²) in [5.41, 5.74) is 0. The van der Waals surface area contributed by atoms with Gasteiger partial charge in [0.25, 0.3) is 0 Å². The lowest BCUT2D eigenvalue weighted by molar-refractivity contribution is -0.114. The van der Waals surface area contributed by atoms with E-state index in [9.17, 15) is 9.90 Å². The zero-order valence-corrected chi connectivity index (χ0v) is 8.55. The fourth-order valence-corrected chi connectivity index (χ4v) is 1.91. The highest BCUT2D eigenvalue weighted by Crippen LogP contribution is 2.29. The van der Waals surface area contributed by atoms with Crippen molar-refractivity contribution in [2.45, 2.75) is 38.3 Å². The van der Waals surface area contributed by atoms with E-state index in [-0.39, 0.29) is 18.1 Å². The Bertz CT molecular complexity index is 363. The van der Waals surface area contributed by atoms with Crippen LogP contribution in [0.4, 0.5) is 5.82 Å². The number of nitrogens with zero attached hydrogens (tertiary/aromatic N) is 3. The van der Waals surface area contributed by atoms with E-state index in [0.29, 0.717) is 5.82 Å². The van der Waals surface area contributed by atoms with Crippen LogP contribution in [0.5, 0.6) is 0 Å². The van der Waals surface area contributed by atoms with E-state index in [0.717, 1.165) is 19.3 Å². The molecule has 0 bridgehead atoms. The van der Waals surface area contributed by atoms with Gasteiger partial charge in [-0.15, -0.1) is 5.10 Å². The molecular formula is C9H14N4O2. The summed E-state index contributed by atoms with van der Waals surface area (Å²) >= 11 is 0. The van der Waals surface area contributed by atoms with Crippen molar-refractivity contribution in [2.75, 3.05) is 5.32 Å². The summed E-state index contributed by atoms with van der Waals surface area (Å²) in [7, 11) is 0. The number of anilines is 1. The zero-order chi connectivity index (χ0) is 10.8. The fraction of sp³-hybridized carbons (Fsp3) is 0.667. The molecule has 0 saturated heterocycles. The minimum atomic E-state index is -0.350. The molecule has 15 heavy (non-hydrogen) atoms. The van der Waals surface area contributed by atoms with Crippen LogP contribution >= 0.6 is 0 Å². The quantitative estimate of drug-likeness (QED) is 0.736. The second kappa shape index (κ2) is 3.98. The molecule has 2 rings (SSSR count). The van der Waals surface area contributed by atoms with Crippen LogP contribution in [0, 0.1) is 0 Å². The lowest BCUT2D eigenvalue weighted by Crippen LogP contribution is -2.18. The normalized spacial score (nSPS) is 25.5. The standard InChI is InChI=1S/C9H14N4O2/c1-6(14)10-9-5-13(12-11-9)7-3-2-4-8(7)15/h5,7-8,15H,2-4H2,1H3,(H,10,14). The zero-order valence-electron chi connectivity index (χ0n) is 8.55. The van der Waals surface area contributed by atoms with E-state index in [2.05, 4.69) is 15.6 Å². The van der Waals surface area contributed by atoms with Gasteiger partial charge in [-0.25, -0.2) is 4.68 Å². The molecular weight excluding hydrogens is 196 g/mol. The number of aliphatic hydroxyl groups excluding tert-OH is 1. The molecule has 1 aliphatic carbocycles. The molecule has 1 heterocycles. The second-order valence-corrected chi connectivity index (χ2v) is 3.83. The molecule has 1 aliphatic rings. The highest BCUT2D eigenvalue weighted by Gasteiger charge is 2.27. The van der Waals surface area contributed by atoms with Crippen molar-refractivity contribution in [1.29, 1.82) is 0 Å². The van der Waals surface area contributed by atoms with Gasteiger partial charge in [0.05, 0.1) is 18.3 Å². The Labute approximate surface area is 87.3 Å². The van der Waals surface area contributed by atoms with Crippen molar-refractivity contribution < 1.29 is 9.90 Å². The van der Waals surface area contributed by atoms with Gasteiger partial charge in [-0.3, -0.25) is 4.79 Å². The Morgan fingerprint density at radius 1 is 1.67 bits per heavy atom. The molecule has 1 aromatic heterocycles. The Morgan fingerprint density at radius 3 is 3.07 bits per heavy atom. The fourth-order valence-electron chi connectivity index (χ4n) is 1.91. The lowest BCUT2D eigenvalue weighted by Gasteiger charge is -2.13. The maximum atomic E-state index is 10.8. The molecule has 0 spiro atoms. The van der Waals surface area contributed by atoms with Crippen LogP contribution in [-0.4, -0.2) is 32.1 Å². The molecule has 1 aromatic rings.